The molecule has 1 fully saturated rings. The molecule has 1 aromatic heterocycles. The lowest BCUT2D eigenvalue weighted by Gasteiger charge is -2.15. The van der Waals surface area contributed by atoms with Crippen LogP contribution in [0, 0.1) is 11.9 Å². The first-order chi connectivity index (χ1) is 7.58. The maximum absolute atomic E-state index is 12.6. The van der Waals surface area contributed by atoms with E-state index in [2.05, 4.69) is 4.98 Å². The third-order valence-electron chi connectivity index (χ3n) is 2.50. The minimum absolute atomic E-state index is 0.0211. The topological polar surface area (TPSA) is 70.5 Å². The molecule has 6 heteroatoms. The SMILES string of the molecule is O=C(O)C1CC(=O)N(c2ccc(F)nc2)C1. The normalized spacial score (nSPS) is 20.2. The van der Waals surface area contributed by atoms with E-state index < -0.39 is 17.8 Å². The van der Waals surface area contributed by atoms with Gasteiger partial charge in [0.1, 0.15) is 0 Å². The smallest absolute Gasteiger partial charge is 0.308 e. The average Bonchev–Trinajstić information content (AvgIpc) is 2.62. The Labute approximate surface area is 90.5 Å². The maximum Gasteiger partial charge on any atom is 0.308 e. The van der Waals surface area contributed by atoms with Gasteiger partial charge < -0.3 is 10.0 Å². The van der Waals surface area contributed by atoms with Crippen molar-refractivity contribution in [2.45, 2.75) is 6.42 Å². The minimum atomic E-state index is -0.995. The molecule has 0 spiro atoms. The summed E-state index contributed by atoms with van der Waals surface area (Å²) < 4.78 is 12.6. The summed E-state index contributed by atoms with van der Waals surface area (Å²) >= 11 is 0. The first-order valence-corrected chi connectivity index (χ1v) is 4.72. The van der Waals surface area contributed by atoms with Crippen LogP contribution in [0.1, 0.15) is 6.42 Å². The first kappa shape index (κ1) is 10.5. The van der Waals surface area contributed by atoms with Crippen LogP contribution in [0.15, 0.2) is 18.3 Å². The molecule has 5 nitrogen and oxygen atoms in total. The summed E-state index contributed by atoms with van der Waals surface area (Å²) in [5, 5.41) is 8.79. The summed E-state index contributed by atoms with van der Waals surface area (Å²) in [5.74, 6) is -2.60. The van der Waals surface area contributed by atoms with Gasteiger partial charge in [-0.25, -0.2) is 4.98 Å². The van der Waals surface area contributed by atoms with Gasteiger partial charge in [0.2, 0.25) is 11.9 Å². The largest absolute Gasteiger partial charge is 0.481 e. The predicted octanol–water partition coefficient (Wildman–Crippen LogP) is 0.658. The molecule has 0 aromatic carbocycles. The fraction of sp³-hybridized carbons (Fsp3) is 0.300. The van der Waals surface area contributed by atoms with Gasteiger partial charge in [-0.05, 0) is 12.1 Å². The highest BCUT2D eigenvalue weighted by Gasteiger charge is 2.35. The van der Waals surface area contributed by atoms with Gasteiger partial charge in [0.15, 0.2) is 0 Å². The monoisotopic (exact) mass is 224 g/mol. The number of carbonyl (C=O) groups is 2. The Hall–Kier alpha value is -1.98. The van der Waals surface area contributed by atoms with Crippen LogP contribution in [0.3, 0.4) is 0 Å². The summed E-state index contributed by atoms with van der Waals surface area (Å²) in [6.45, 7) is 0.113. The van der Waals surface area contributed by atoms with Gasteiger partial charge in [-0.15, -0.1) is 0 Å². The Kier molecular flexibility index (Phi) is 2.55. The lowest BCUT2D eigenvalue weighted by atomic mass is 10.1. The van der Waals surface area contributed by atoms with E-state index in [0.29, 0.717) is 5.69 Å². The number of pyridine rings is 1. The van der Waals surface area contributed by atoms with E-state index in [1.807, 2.05) is 0 Å². The highest BCUT2D eigenvalue weighted by Crippen LogP contribution is 2.24. The molecule has 16 heavy (non-hydrogen) atoms. The fourth-order valence-electron chi connectivity index (χ4n) is 1.65. The lowest BCUT2D eigenvalue weighted by Crippen LogP contribution is -2.25. The third-order valence-corrected chi connectivity index (χ3v) is 2.50. The van der Waals surface area contributed by atoms with Gasteiger partial charge >= 0.3 is 5.97 Å². The number of anilines is 1. The Morgan fingerprint density at radius 2 is 2.31 bits per heavy atom. The molecular formula is C10H9FN2O3. The molecule has 2 rings (SSSR count). The Balaban J connectivity index is 2.20. The molecule has 2 heterocycles. The number of nitrogens with zero attached hydrogens (tertiary/aromatic N) is 2. The molecule has 1 aliphatic rings. The Morgan fingerprint density at radius 3 is 2.81 bits per heavy atom. The highest BCUT2D eigenvalue weighted by atomic mass is 19.1. The molecule has 1 saturated heterocycles. The molecule has 1 amide bonds. The second-order valence-electron chi connectivity index (χ2n) is 3.58. The molecule has 0 aliphatic carbocycles. The zero-order chi connectivity index (χ0) is 11.7. The molecule has 0 radical (unpaired) electrons. The van der Waals surface area contributed by atoms with E-state index >= 15 is 0 Å². The number of halogens is 1. The number of carbonyl (C=O) groups excluding carboxylic acids is 1. The van der Waals surface area contributed by atoms with E-state index in [0.717, 1.165) is 6.07 Å². The maximum atomic E-state index is 12.6. The third kappa shape index (κ3) is 1.86. The van der Waals surface area contributed by atoms with Crippen LogP contribution in [0.2, 0.25) is 0 Å². The van der Waals surface area contributed by atoms with Crippen LogP contribution >= 0.6 is 0 Å². The number of rotatable bonds is 2. The van der Waals surface area contributed by atoms with Crippen molar-refractivity contribution in [3.8, 4) is 0 Å². The van der Waals surface area contributed by atoms with Crippen LogP contribution in [-0.4, -0.2) is 28.5 Å². The Morgan fingerprint density at radius 1 is 1.56 bits per heavy atom. The standard InChI is InChI=1S/C10H9FN2O3/c11-8-2-1-7(4-12-8)13-5-6(10(15)16)3-9(13)14/h1-2,4,6H,3,5H2,(H,15,16). The van der Waals surface area contributed by atoms with E-state index in [9.17, 15) is 14.0 Å². The molecule has 1 N–H and O–H groups in total. The van der Waals surface area contributed by atoms with Crippen molar-refractivity contribution in [2.24, 2.45) is 5.92 Å². The lowest BCUT2D eigenvalue weighted by molar-refractivity contribution is -0.141. The fourth-order valence-corrected chi connectivity index (χ4v) is 1.65. The summed E-state index contributed by atoms with van der Waals surface area (Å²) in [6, 6.07) is 2.54. The summed E-state index contributed by atoms with van der Waals surface area (Å²) in [5.41, 5.74) is 0.426. The number of aliphatic carboxylic acids is 1. The zero-order valence-corrected chi connectivity index (χ0v) is 8.26. The number of carboxylic acids is 1. The quantitative estimate of drug-likeness (QED) is 0.749. The van der Waals surface area contributed by atoms with E-state index in [4.69, 9.17) is 5.11 Å². The molecule has 84 valence electrons. The molecule has 1 aliphatic heterocycles. The van der Waals surface area contributed by atoms with Crippen molar-refractivity contribution in [2.75, 3.05) is 11.4 Å². The van der Waals surface area contributed by atoms with E-state index in [1.165, 1.54) is 17.2 Å². The summed E-state index contributed by atoms with van der Waals surface area (Å²) in [4.78, 5) is 27.0. The minimum Gasteiger partial charge on any atom is -0.481 e. The molecule has 1 atom stereocenters. The van der Waals surface area contributed by atoms with Crippen molar-refractivity contribution < 1.29 is 19.1 Å². The summed E-state index contributed by atoms with van der Waals surface area (Å²) in [7, 11) is 0. The number of amides is 1. The van der Waals surface area contributed by atoms with E-state index in [1.54, 1.807) is 0 Å². The van der Waals surface area contributed by atoms with Crippen molar-refractivity contribution in [3.05, 3.63) is 24.3 Å². The van der Waals surface area contributed by atoms with Gasteiger partial charge in [-0.1, -0.05) is 0 Å². The Bertz CT molecular complexity index is 432. The second kappa shape index (κ2) is 3.88. The second-order valence-corrected chi connectivity index (χ2v) is 3.58. The van der Waals surface area contributed by atoms with Gasteiger partial charge in [0.25, 0.3) is 0 Å². The predicted molar refractivity (Wildman–Crippen MR) is 52.3 cm³/mol. The van der Waals surface area contributed by atoms with Crippen LogP contribution < -0.4 is 4.90 Å². The van der Waals surface area contributed by atoms with Gasteiger partial charge in [-0.2, -0.15) is 4.39 Å². The number of hydrogen-bond donors (Lipinski definition) is 1. The highest BCUT2D eigenvalue weighted by molar-refractivity contribution is 5.99. The number of aromatic nitrogens is 1. The van der Waals surface area contributed by atoms with Crippen molar-refractivity contribution in [1.29, 1.82) is 0 Å². The van der Waals surface area contributed by atoms with Crippen molar-refractivity contribution in [1.82, 2.24) is 4.98 Å². The zero-order valence-electron chi connectivity index (χ0n) is 8.26. The molecule has 1 unspecified atom stereocenters. The first-order valence-electron chi connectivity index (χ1n) is 4.72. The molecule has 1 aromatic rings. The van der Waals surface area contributed by atoms with Crippen LogP contribution in [0.25, 0.3) is 0 Å². The summed E-state index contributed by atoms with van der Waals surface area (Å²) in [6.07, 6.45) is 1.20. The number of hydrogen-bond acceptors (Lipinski definition) is 3. The molecular weight excluding hydrogens is 215 g/mol. The van der Waals surface area contributed by atoms with Gasteiger partial charge in [-0.3, -0.25) is 9.59 Å². The van der Waals surface area contributed by atoms with Crippen LogP contribution in [-0.2, 0) is 9.59 Å². The van der Waals surface area contributed by atoms with Crippen molar-refractivity contribution >= 4 is 17.6 Å². The number of carboxylic acid groups (broad SMARTS) is 1. The van der Waals surface area contributed by atoms with Crippen molar-refractivity contribution in [3.63, 3.8) is 0 Å². The average molecular weight is 224 g/mol. The van der Waals surface area contributed by atoms with Gasteiger partial charge in [0, 0.05) is 13.0 Å². The van der Waals surface area contributed by atoms with E-state index in [-0.39, 0.29) is 18.9 Å². The van der Waals surface area contributed by atoms with Crippen LogP contribution in [0.5, 0.6) is 0 Å². The molecule has 0 bridgehead atoms. The van der Waals surface area contributed by atoms with Gasteiger partial charge in [0.05, 0.1) is 17.8 Å². The molecule has 0 saturated carbocycles. The van der Waals surface area contributed by atoms with Crippen LogP contribution in [0.4, 0.5) is 10.1 Å².